The fourth-order valence-electron chi connectivity index (χ4n) is 1.32. The molecule has 0 aliphatic heterocycles. The Hall–Kier alpha value is -1.51. The highest BCUT2D eigenvalue weighted by atomic mass is 16.2. The summed E-state index contributed by atoms with van der Waals surface area (Å²) >= 11 is 0. The van der Waals surface area contributed by atoms with Crippen LogP contribution in [0.5, 0.6) is 0 Å². The molecule has 1 aromatic carbocycles. The molecule has 1 amide bonds. The maximum absolute atomic E-state index is 11.5. The van der Waals surface area contributed by atoms with Gasteiger partial charge in [-0.15, -0.1) is 0 Å². The van der Waals surface area contributed by atoms with E-state index in [1.165, 1.54) is 5.56 Å². The van der Waals surface area contributed by atoms with Crippen LogP contribution in [0.1, 0.15) is 26.3 Å². The number of benzene rings is 1. The monoisotopic (exact) mass is 220 g/mol. The molecule has 0 saturated heterocycles. The van der Waals surface area contributed by atoms with Gasteiger partial charge in [-0.2, -0.15) is 0 Å². The van der Waals surface area contributed by atoms with E-state index in [4.69, 9.17) is 0 Å². The maximum Gasteiger partial charge on any atom is 0.239 e. The average molecular weight is 220 g/mol. The number of aryl methyl sites for hydroxylation is 1. The SMILES string of the molecule is Cc1ccc(NCC(=O)NC(C)(C)C)cc1. The molecule has 0 spiro atoms. The highest BCUT2D eigenvalue weighted by Gasteiger charge is 2.12. The van der Waals surface area contributed by atoms with Gasteiger partial charge in [0.05, 0.1) is 6.54 Å². The molecule has 0 radical (unpaired) electrons. The van der Waals surface area contributed by atoms with Crippen molar-refractivity contribution in [3.8, 4) is 0 Å². The zero-order chi connectivity index (χ0) is 12.2. The first-order valence-corrected chi connectivity index (χ1v) is 5.48. The molecule has 0 unspecified atom stereocenters. The lowest BCUT2D eigenvalue weighted by Crippen LogP contribution is -2.43. The van der Waals surface area contributed by atoms with Gasteiger partial charge in [0.25, 0.3) is 0 Å². The summed E-state index contributed by atoms with van der Waals surface area (Å²) in [6.07, 6.45) is 0. The van der Waals surface area contributed by atoms with Gasteiger partial charge in [0.15, 0.2) is 0 Å². The quantitative estimate of drug-likeness (QED) is 0.820. The summed E-state index contributed by atoms with van der Waals surface area (Å²) in [5.74, 6) is 0.00748. The topological polar surface area (TPSA) is 41.1 Å². The molecule has 2 N–H and O–H groups in total. The van der Waals surface area contributed by atoms with E-state index in [9.17, 15) is 4.79 Å². The minimum Gasteiger partial charge on any atom is -0.376 e. The molecule has 1 aromatic rings. The average Bonchev–Trinajstić information content (AvgIpc) is 2.14. The Morgan fingerprint density at radius 2 is 1.75 bits per heavy atom. The molecule has 0 aliphatic carbocycles. The fourth-order valence-corrected chi connectivity index (χ4v) is 1.32. The van der Waals surface area contributed by atoms with E-state index in [1.807, 2.05) is 52.0 Å². The second-order valence-electron chi connectivity index (χ2n) is 5.02. The summed E-state index contributed by atoms with van der Waals surface area (Å²) < 4.78 is 0. The predicted molar refractivity (Wildman–Crippen MR) is 67.6 cm³/mol. The van der Waals surface area contributed by atoms with Gasteiger partial charge in [0.2, 0.25) is 5.91 Å². The summed E-state index contributed by atoms with van der Waals surface area (Å²) in [6, 6.07) is 7.98. The minimum atomic E-state index is -0.175. The Morgan fingerprint density at radius 1 is 1.19 bits per heavy atom. The van der Waals surface area contributed by atoms with Gasteiger partial charge < -0.3 is 10.6 Å². The zero-order valence-electron chi connectivity index (χ0n) is 10.4. The van der Waals surface area contributed by atoms with Crippen LogP contribution in [-0.2, 0) is 4.79 Å². The second kappa shape index (κ2) is 5.01. The summed E-state index contributed by atoms with van der Waals surface area (Å²) in [7, 11) is 0. The van der Waals surface area contributed by atoms with Gasteiger partial charge in [-0.1, -0.05) is 17.7 Å². The second-order valence-corrected chi connectivity index (χ2v) is 5.02. The van der Waals surface area contributed by atoms with Gasteiger partial charge in [-0.05, 0) is 39.8 Å². The van der Waals surface area contributed by atoms with Gasteiger partial charge in [0, 0.05) is 11.2 Å². The molecule has 0 fully saturated rings. The normalized spacial score (nSPS) is 11.0. The van der Waals surface area contributed by atoms with Crippen molar-refractivity contribution in [1.82, 2.24) is 5.32 Å². The number of rotatable bonds is 3. The van der Waals surface area contributed by atoms with Crippen LogP contribution < -0.4 is 10.6 Å². The van der Waals surface area contributed by atoms with Crippen molar-refractivity contribution in [3.05, 3.63) is 29.8 Å². The Morgan fingerprint density at radius 3 is 2.25 bits per heavy atom. The van der Waals surface area contributed by atoms with Crippen LogP contribution in [0.15, 0.2) is 24.3 Å². The van der Waals surface area contributed by atoms with Crippen LogP contribution in [0.2, 0.25) is 0 Å². The number of hydrogen-bond acceptors (Lipinski definition) is 2. The van der Waals surface area contributed by atoms with E-state index in [0.29, 0.717) is 6.54 Å². The van der Waals surface area contributed by atoms with E-state index < -0.39 is 0 Å². The Balaban J connectivity index is 2.40. The zero-order valence-corrected chi connectivity index (χ0v) is 10.4. The third kappa shape index (κ3) is 4.82. The van der Waals surface area contributed by atoms with Crippen LogP contribution in [0, 0.1) is 6.92 Å². The van der Waals surface area contributed by atoms with Gasteiger partial charge in [-0.3, -0.25) is 4.79 Å². The molecular formula is C13H20N2O. The molecule has 0 bridgehead atoms. The maximum atomic E-state index is 11.5. The summed E-state index contributed by atoms with van der Waals surface area (Å²) in [4.78, 5) is 11.5. The molecule has 0 aliphatic rings. The van der Waals surface area contributed by atoms with Crippen molar-refractivity contribution >= 4 is 11.6 Å². The van der Waals surface area contributed by atoms with Crippen LogP contribution >= 0.6 is 0 Å². The van der Waals surface area contributed by atoms with Crippen molar-refractivity contribution in [1.29, 1.82) is 0 Å². The van der Waals surface area contributed by atoms with Gasteiger partial charge >= 0.3 is 0 Å². The third-order valence-electron chi connectivity index (χ3n) is 2.02. The first kappa shape index (κ1) is 12.6. The Labute approximate surface area is 97.2 Å². The standard InChI is InChI=1S/C13H20N2O/c1-10-5-7-11(8-6-10)14-9-12(16)15-13(2,3)4/h5-8,14H,9H2,1-4H3,(H,15,16). The molecular weight excluding hydrogens is 200 g/mol. The number of carbonyl (C=O) groups excluding carboxylic acids is 1. The summed E-state index contributed by atoms with van der Waals surface area (Å²) in [6.45, 7) is 8.25. The first-order chi connectivity index (χ1) is 7.37. The highest BCUT2D eigenvalue weighted by molar-refractivity contribution is 5.81. The van der Waals surface area contributed by atoms with Crippen molar-refractivity contribution in [2.75, 3.05) is 11.9 Å². The lowest BCUT2D eigenvalue weighted by Gasteiger charge is -2.20. The van der Waals surface area contributed by atoms with E-state index in [-0.39, 0.29) is 11.4 Å². The molecule has 0 saturated carbocycles. The predicted octanol–water partition coefficient (Wildman–Crippen LogP) is 2.32. The first-order valence-electron chi connectivity index (χ1n) is 5.48. The molecule has 3 heteroatoms. The van der Waals surface area contributed by atoms with Crippen molar-refractivity contribution < 1.29 is 4.79 Å². The van der Waals surface area contributed by atoms with Crippen molar-refractivity contribution in [3.63, 3.8) is 0 Å². The third-order valence-corrected chi connectivity index (χ3v) is 2.02. The number of carbonyl (C=O) groups is 1. The van der Waals surface area contributed by atoms with Crippen LogP contribution in [-0.4, -0.2) is 18.0 Å². The summed E-state index contributed by atoms with van der Waals surface area (Å²) in [5.41, 5.74) is 2.01. The molecule has 3 nitrogen and oxygen atoms in total. The smallest absolute Gasteiger partial charge is 0.239 e. The van der Waals surface area contributed by atoms with E-state index >= 15 is 0 Å². The molecule has 0 atom stereocenters. The van der Waals surface area contributed by atoms with Crippen molar-refractivity contribution in [2.45, 2.75) is 33.2 Å². The molecule has 0 heterocycles. The largest absolute Gasteiger partial charge is 0.376 e. The van der Waals surface area contributed by atoms with Gasteiger partial charge in [0.1, 0.15) is 0 Å². The van der Waals surface area contributed by atoms with Gasteiger partial charge in [-0.25, -0.2) is 0 Å². The number of nitrogens with one attached hydrogen (secondary N) is 2. The fraction of sp³-hybridized carbons (Fsp3) is 0.462. The Bertz CT molecular complexity index is 349. The number of amides is 1. The van der Waals surface area contributed by atoms with Crippen LogP contribution in [0.4, 0.5) is 5.69 Å². The molecule has 1 rings (SSSR count). The molecule has 88 valence electrons. The van der Waals surface area contributed by atoms with Crippen molar-refractivity contribution in [2.24, 2.45) is 0 Å². The summed E-state index contributed by atoms with van der Waals surface area (Å²) in [5, 5.41) is 5.98. The lowest BCUT2D eigenvalue weighted by atomic mass is 10.1. The Kier molecular flexibility index (Phi) is 3.93. The molecule has 0 aromatic heterocycles. The number of anilines is 1. The van der Waals surface area contributed by atoms with E-state index in [0.717, 1.165) is 5.69 Å². The van der Waals surface area contributed by atoms with Crippen LogP contribution in [0.3, 0.4) is 0 Å². The highest BCUT2D eigenvalue weighted by Crippen LogP contribution is 2.08. The minimum absolute atomic E-state index is 0.00748. The molecule has 16 heavy (non-hydrogen) atoms. The van der Waals surface area contributed by atoms with Crippen LogP contribution in [0.25, 0.3) is 0 Å². The lowest BCUT2D eigenvalue weighted by molar-refractivity contribution is -0.120. The number of hydrogen-bond donors (Lipinski definition) is 2. The van der Waals surface area contributed by atoms with E-state index in [1.54, 1.807) is 0 Å². The van der Waals surface area contributed by atoms with E-state index in [2.05, 4.69) is 10.6 Å².